The summed E-state index contributed by atoms with van der Waals surface area (Å²) in [5.74, 6) is 0.601. The molecule has 1 aromatic carbocycles. The van der Waals surface area contributed by atoms with E-state index in [4.69, 9.17) is 9.16 Å². The van der Waals surface area contributed by atoms with Crippen molar-refractivity contribution in [2.24, 2.45) is 5.92 Å². The molecule has 0 N–H and O–H groups in total. The van der Waals surface area contributed by atoms with Crippen LogP contribution >= 0.6 is 0 Å². The van der Waals surface area contributed by atoms with E-state index in [1.54, 1.807) is 0 Å². The van der Waals surface area contributed by atoms with Crippen molar-refractivity contribution in [2.45, 2.75) is 84.4 Å². The maximum Gasteiger partial charge on any atom is 0.305 e. The molecule has 6 heteroatoms. The van der Waals surface area contributed by atoms with Gasteiger partial charge in [0, 0.05) is 44.4 Å². The number of rotatable bonds is 10. The topological polar surface area (TPSA) is 55.8 Å². The van der Waals surface area contributed by atoms with Crippen LogP contribution in [0.3, 0.4) is 0 Å². The van der Waals surface area contributed by atoms with Crippen LogP contribution < -0.4 is 0 Å². The minimum absolute atomic E-state index is 0.165. The molecule has 1 saturated heterocycles. The second kappa shape index (κ2) is 11.5. The van der Waals surface area contributed by atoms with Gasteiger partial charge in [0.05, 0.1) is 6.61 Å². The number of nitrogens with zero attached hydrogens (tertiary/aromatic N) is 1. The first-order chi connectivity index (χ1) is 15.0. The fourth-order valence-corrected chi connectivity index (χ4v) is 5.13. The van der Waals surface area contributed by atoms with Gasteiger partial charge < -0.3 is 14.1 Å². The van der Waals surface area contributed by atoms with Crippen LogP contribution in [0.25, 0.3) is 0 Å². The van der Waals surface area contributed by atoms with Crippen LogP contribution in [-0.2, 0) is 18.8 Å². The van der Waals surface area contributed by atoms with Crippen LogP contribution in [0.4, 0.5) is 0 Å². The molecule has 0 aromatic heterocycles. The number of amides is 1. The third kappa shape index (κ3) is 7.17. The molecule has 1 heterocycles. The van der Waals surface area contributed by atoms with Crippen LogP contribution in [0.5, 0.6) is 0 Å². The lowest BCUT2D eigenvalue weighted by Crippen LogP contribution is -2.42. The third-order valence-corrected chi connectivity index (χ3v) is 11.7. The predicted molar refractivity (Wildman–Crippen MR) is 132 cm³/mol. The highest BCUT2D eigenvalue weighted by atomic mass is 28.4. The number of carbonyl (C=O) groups is 2. The lowest BCUT2D eigenvalue weighted by Gasteiger charge is -2.37. The molecule has 0 aliphatic carbocycles. The molecule has 1 aromatic rings. The van der Waals surface area contributed by atoms with Gasteiger partial charge >= 0.3 is 5.97 Å². The van der Waals surface area contributed by atoms with Crippen molar-refractivity contribution < 1.29 is 18.8 Å². The zero-order valence-electron chi connectivity index (χ0n) is 21.2. The van der Waals surface area contributed by atoms with Gasteiger partial charge in [0.1, 0.15) is 0 Å². The molecule has 0 unspecified atom stereocenters. The van der Waals surface area contributed by atoms with Crippen LogP contribution in [0.15, 0.2) is 24.3 Å². The smallest absolute Gasteiger partial charge is 0.305 e. The van der Waals surface area contributed by atoms with Gasteiger partial charge in [-0.2, -0.15) is 0 Å². The van der Waals surface area contributed by atoms with Gasteiger partial charge in [-0.05, 0) is 55.9 Å². The maximum atomic E-state index is 13.0. The van der Waals surface area contributed by atoms with Gasteiger partial charge in [-0.25, -0.2) is 0 Å². The molecular weight excluding hydrogens is 418 g/mol. The summed E-state index contributed by atoms with van der Waals surface area (Å²) >= 11 is 0. The number of aryl methyl sites for hydroxylation is 1. The van der Waals surface area contributed by atoms with Crippen LogP contribution in [0.1, 0.15) is 70.4 Å². The number of hydrogen-bond acceptors (Lipinski definition) is 4. The molecule has 0 radical (unpaired) electrons. The Morgan fingerprint density at radius 1 is 1.09 bits per heavy atom. The van der Waals surface area contributed by atoms with E-state index in [9.17, 15) is 9.59 Å². The van der Waals surface area contributed by atoms with Crippen molar-refractivity contribution in [1.82, 2.24) is 4.90 Å². The van der Waals surface area contributed by atoms with Gasteiger partial charge in [0.2, 0.25) is 5.91 Å². The van der Waals surface area contributed by atoms with Crippen molar-refractivity contribution in [3.05, 3.63) is 35.4 Å². The molecule has 5 nitrogen and oxygen atoms in total. The zero-order valence-corrected chi connectivity index (χ0v) is 22.2. The van der Waals surface area contributed by atoms with Gasteiger partial charge in [-0.15, -0.1) is 0 Å². The highest BCUT2D eigenvalue weighted by Gasteiger charge is 2.41. The van der Waals surface area contributed by atoms with Crippen LogP contribution in [0.2, 0.25) is 18.1 Å². The average Bonchev–Trinajstić information content (AvgIpc) is 3.13. The number of benzene rings is 1. The summed E-state index contributed by atoms with van der Waals surface area (Å²) in [6, 6.07) is 8.52. The lowest BCUT2D eigenvalue weighted by atomic mass is 9.87. The van der Waals surface area contributed by atoms with Gasteiger partial charge in [-0.1, -0.05) is 45.0 Å². The van der Waals surface area contributed by atoms with E-state index in [0.29, 0.717) is 50.7 Å². The Morgan fingerprint density at radius 3 is 2.38 bits per heavy atom. The molecule has 1 fully saturated rings. The Kier molecular flexibility index (Phi) is 9.52. The van der Waals surface area contributed by atoms with E-state index in [-0.39, 0.29) is 16.9 Å². The summed E-state index contributed by atoms with van der Waals surface area (Å²) in [7, 11) is -1.86. The van der Waals surface area contributed by atoms with Crippen LogP contribution in [0, 0.1) is 12.8 Å². The van der Waals surface area contributed by atoms with Crippen molar-refractivity contribution in [2.75, 3.05) is 26.3 Å². The minimum Gasteiger partial charge on any atom is -0.466 e. The number of ether oxygens (including phenoxy) is 1. The lowest BCUT2D eigenvalue weighted by molar-refractivity contribution is -0.143. The van der Waals surface area contributed by atoms with E-state index < -0.39 is 8.32 Å². The summed E-state index contributed by atoms with van der Waals surface area (Å²) in [6.07, 6.45) is 2.28. The van der Waals surface area contributed by atoms with Gasteiger partial charge in [0.25, 0.3) is 0 Å². The molecule has 2 rings (SSSR count). The normalized spacial score (nSPS) is 19.3. The number of likely N-dealkylation sites (tertiary alicyclic amines) is 1. The fourth-order valence-electron chi connectivity index (χ4n) is 4.07. The van der Waals surface area contributed by atoms with Gasteiger partial charge in [0.15, 0.2) is 8.32 Å². The van der Waals surface area contributed by atoms with Crippen molar-refractivity contribution in [3.8, 4) is 0 Å². The summed E-state index contributed by atoms with van der Waals surface area (Å²) in [4.78, 5) is 26.5. The second-order valence-electron chi connectivity index (χ2n) is 10.6. The summed E-state index contributed by atoms with van der Waals surface area (Å²) < 4.78 is 11.6. The Bertz CT molecular complexity index is 771. The van der Waals surface area contributed by atoms with E-state index in [0.717, 1.165) is 13.1 Å². The predicted octanol–water partition coefficient (Wildman–Crippen LogP) is 5.68. The standard InChI is InChI=1S/C26H43NO4Si/c1-8-30-25(29)16-12-11-15-24(28)27-17-21(19-31-32(6,7)26(3,4)5)23(18-27)22-14-10-9-13-20(22)2/h9-10,13-14,21,23H,8,11-12,15-19H2,1-7H3/t21-,23+/m1/s1. The van der Waals surface area contributed by atoms with E-state index in [1.807, 2.05) is 11.8 Å². The molecule has 1 aliphatic heterocycles. The average molecular weight is 462 g/mol. The van der Waals surface area contributed by atoms with E-state index in [1.165, 1.54) is 11.1 Å². The molecule has 0 spiro atoms. The van der Waals surface area contributed by atoms with Crippen molar-refractivity contribution in [3.63, 3.8) is 0 Å². The monoisotopic (exact) mass is 461 g/mol. The Hall–Kier alpha value is -1.66. The minimum atomic E-state index is -1.86. The SMILES string of the molecule is CCOC(=O)CCCCC(=O)N1C[C@H](CO[Si](C)(C)C(C)(C)C)[C@@H](c2ccccc2C)C1. The Labute approximate surface area is 196 Å². The second-order valence-corrected chi connectivity index (χ2v) is 15.4. The number of unbranched alkanes of at least 4 members (excludes halogenated alkanes) is 1. The highest BCUT2D eigenvalue weighted by molar-refractivity contribution is 6.74. The molecule has 2 atom stereocenters. The summed E-state index contributed by atoms with van der Waals surface area (Å²) in [5, 5.41) is 0.165. The molecule has 1 aliphatic rings. The maximum absolute atomic E-state index is 13.0. The highest BCUT2D eigenvalue weighted by Crippen LogP contribution is 2.40. The first kappa shape index (κ1) is 26.6. The first-order valence-corrected chi connectivity index (χ1v) is 15.0. The van der Waals surface area contributed by atoms with Gasteiger partial charge in [-0.3, -0.25) is 9.59 Å². The molecular formula is C26H43NO4Si. The first-order valence-electron chi connectivity index (χ1n) is 12.1. The molecule has 0 bridgehead atoms. The largest absolute Gasteiger partial charge is 0.466 e. The molecule has 0 saturated carbocycles. The molecule has 180 valence electrons. The van der Waals surface area contributed by atoms with Crippen molar-refractivity contribution >= 4 is 20.2 Å². The van der Waals surface area contributed by atoms with Crippen molar-refractivity contribution in [1.29, 1.82) is 0 Å². The molecule has 1 amide bonds. The molecule has 32 heavy (non-hydrogen) atoms. The fraction of sp³-hybridized carbons (Fsp3) is 0.692. The summed E-state index contributed by atoms with van der Waals surface area (Å²) in [5.41, 5.74) is 2.60. The Balaban J connectivity index is 2.03. The number of carbonyl (C=O) groups excluding carboxylic acids is 2. The summed E-state index contributed by atoms with van der Waals surface area (Å²) in [6.45, 7) is 17.9. The van der Waals surface area contributed by atoms with E-state index in [2.05, 4.69) is 65.1 Å². The quantitative estimate of drug-likeness (QED) is 0.255. The zero-order chi connectivity index (χ0) is 23.9. The number of esters is 1. The van der Waals surface area contributed by atoms with E-state index >= 15 is 0 Å². The third-order valence-electron chi connectivity index (χ3n) is 7.17. The Morgan fingerprint density at radius 2 is 1.75 bits per heavy atom. The number of hydrogen-bond donors (Lipinski definition) is 0. The van der Waals surface area contributed by atoms with Crippen LogP contribution in [-0.4, -0.2) is 51.4 Å².